The van der Waals surface area contributed by atoms with Gasteiger partial charge in [0.2, 0.25) is 0 Å². The Morgan fingerprint density at radius 1 is 1.04 bits per heavy atom. The number of ether oxygens (including phenoxy) is 2. The van der Waals surface area contributed by atoms with Crippen molar-refractivity contribution in [2.45, 2.75) is 19.5 Å². The minimum atomic E-state index is -4.73. The van der Waals surface area contributed by atoms with Crippen LogP contribution in [-0.4, -0.2) is 30.6 Å². The van der Waals surface area contributed by atoms with Crippen LogP contribution >= 0.6 is 0 Å². The maximum atomic E-state index is 12.6. The Kier molecular flexibility index (Phi) is 5.89. The molecular weight excluding hydrogens is 373 g/mol. The highest BCUT2D eigenvalue weighted by molar-refractivity contribution is 5.59. The van der Waals surface area contributed by atoms with Crippen molar-refractivity contribution in [2.24, 2.45) is 0 Å². The van der Waals surface area contributed by atoms with Crippen LogP contribution in [0.1, 0.15) is 11.3 Å². The van der Waals surface area contributed by atoms with Gasteiger partial charge in [-0.1, -0.05) is 23.4 Å². The first-order valence-corrected chi connectivity index (χ1v) is 8.46. The fourth-order valence-electron chi connectivity index (χ4n) is 2.76. The van der Waals surface area contributed by atoms with Gasteiger partial charge in [0.1, 0.15) is 17.2 Å². The van der Waals surface area contributed by atoms with Crippen LogP contribution in [-0.2, 0) is 13.1 Å². The van der Waals surface area contributed by atoms with Crippen LogP contribution in [0.15, 0.2) is 59.1 Å². The van der Waals surface area contributed by atoms with Crippen molar-refractivity contribution in [2.75, 3.05) is 14.2 Å². The van der Waals surface area contributed by atoms with Crippen molar-refractivity contribution < 1.29 is 27.2 Å². The number of alkyl halides is 3. The van der Waals surface area contributed by atoms with Gasteiger partial charge >= 0.3 is 6.36 Å². The molecule has 0 N–H and O–H groups in total. The van der Waals surface area contributed by atoms with Crippen molar-refractivity contribution in [1.82, 2.24) is 10.1 Å². The van der Waals surface area contributed by atoms with Gasteiger partial charge in [-0.2, -0.15) is 0 Å². The molecule has 0 fully saturated rings. The average molecular weight is 392 g/mol. The Balaban J connectivity index is 1.66. The second-order valence-electron chi connectivity index (χ2n) is 6.23. The summed E-state index contributed by atoms with van der Waals surface area (Å²) in [6.45, 7) is 0.633. The fourth-order valence-corrected chi connectivity index (χ4v) is 2.76. The van der Waals surface area contributed by atoms with Gasteiger partial charge in [-0.3, -0.25) is 4.90 Å². The van der Waals surface area contributed by atoms with Crippen LogP contribution in [0.25, 0.3) is 11.3 Å². The summed E-state index contributed by atoms with van der Waals surface area (Å²) < 4.78 is 52.2. The molecule has 0 saturated heterocycles. The minimum absolute atomic E-state index is 0.210. The first kappa shape index (κ1) is 19.8. The molecule has 2 aromatic carbocycles. The Morgan fingerprint density at radius 3 is 2.43 bits per heavy atom. The highest BCUT2D eigenvalue weighted by Crippen LogP contribution is 2.27. The number of rotatable bonds is 7. The molecule has 148 valence electrons. The van der Waals surface area contributed by atoms with Crippen LogP contribution in [0.4, 0.5) is 13.2 Å². The predicted octanol–water partition coefficient (Wildman–Crippen LogP) is 4.88. The zero-order valence-corrected chi connectivity index (χ0v) is 15.4. The third-order valence-electron chi connectivity index (χ3n) is 4.01. The lowest BCUT2D eigenvalue weighted by atomic mass is 10.1. The van der Waals surface area contributed by atoms with Crippen LogP contribution in [0, 0.1) is 0 Å². The topological polar surface area (TPSA) is 47.7 Å². The molecular formula is C20H19F3N2O3. The van der Waals surface area contributed by atoms with Crippen LogP contribution in [0.5, 0.6) is 11.5 Å². The highest BCUT2D eigenvalue weighted by atomic mass is 19.4. The first-order chi connectivity index (χ1) is 13.3. The molecule has 1 heterocycles. The van der Waals surface area contributed by atoms with Crippen molar-refractivity contribution in [3.8, 4) is 22.8 Å². The number of benzene rings is 2. The van der Waals surface area contributed by atoms with Crippen molar-refractivity contribution in [3.63, 3.8) is 0 Å². The quantitative estimate of drug-likeness (QED) is 0.574. The molecule has 0 amide bonds. The normalized spacial score (nSPS) is 11.6. The van der Waals surface area contributed by atoms with Gasteiger partial charge in [0.05, 0.1) is 13.7 Å². The van der Waals surface area contributed by atoms with Gasteiger partial charge < -0.3 is 14.0 Å². The minimum Gasteiger partial charge on any atom is -0.497 e. The van der Waals surface area contributed by atoms with E-state index in [1.54, 1.807) is 32.4 Å². The summed E-state index contributed by atoms with van der Waals surface area (Å²) in [5.74, 6) is 1.13. The van der Waals surface area contributed by atoms with Crippen molar-refractivity contribution in [3.05, 3.63) is 65.9 Å². The van der Waals surface area contributed by atoms with Crippen LogP contribution in [0.2, 0.25) is 0 Å². The number of halogens is 3. The van der Waals surface area contributed by atoms with Crippen molar-refractivity contribution >= 4 is 0 Å². The van der Waals surface area contributed by atoms with E-state index in [0.717, 1.165) is 11.3 Å². The number of methoxy groups -OCH3 is 1. The molecule has 0 saturated carbocycles. The molecule has 0 aliphatic carbocycles. The number of hydrogen-bond donors (Lipinski definition) is 0. The van der Waals surface area contributed by atoms with Gasteiger partial charge in [-0.15, -0.1) is 13.2 Å². The van der Waals surface area contributed by atoms with Crippen molar-refractivity contribution in [1.29, 1.82) is 0 Å². The second-order valence-corrected chi connectivity index (χ2v) is 6.23. The lowest BCUT2D eigenvalue weighted by molar-refractivity contribution is -0.275. The Bertz CT molecular complexity index is 908. The molecule has 5 nitrogen and oxygen atoms in total. The number of aromatic nitrogens is 1. The predicted molar refractivity (Wildman–Crippen MR) is 96.8 cm³/mol. The zero-order valence-electron chi connectivity index (χ0n) is 15.4. The molecule has 0 aliphatic rings. The van der Waals surface area contributed by atoms with Gasteiger partial charge in [-0.05, 0) is 37.4 Å². The van der Waals surface area contributed by atoms with Gasteiger partial charge in [0.15, 0.2) is 5.76 Å². The summed E-state index contributed by atoms with van der Waals surface area (Å²) in [6, 6.07) is 15.3. The lowest BCUT2D eigenvalue weighted by Gasteiger charge is -2.18. The maximum Gasteiger partial charge on any atom is 0.573 e. The molecule has 0 spiro atoms. The van der Waals surface area contributed by atoms with E-state index in [9.17, 15) is 13.2 Å². The smallest absolute Gasteiger partial charge is 0.497 e. The largest absolute Gasteiger partial charge is 0.573 e. The second kappa shape index (κ2) is 8.35. The van der Waals surface area contributed by atoms with E-state index in [1.165, 1.54) is 12.1 Å². The van der Waals surface area contributed by atoms with E-state index in [0.29, 0.717) is 23.6 Å². The molecule has 0 aliphatic heterocycles. The third-order valence-corrected chi connectivity index (χ3v) is 4.01. The fraction of sp³-hybridized carbons (Fsp3) is 0.250. The summed E-state index contributed by atoms with van der Waals surface area (Å²) in [5.41, 5.74) is 1.98. The first-order valence-electron chi connectivity index (χ1n) is 8.46. The molecule has 3 rings (SSSR count). The lowest BCUT2D eigenvalue weighted by Crippen LogP contribution is -2.21. The zero-order chi connectivity index (χ0) is 20.1. The van der Waals surface area contributed by atoms with Gasteiger partial charge in [0, 0.05) is 23.7 Å². The molecule has 8 heteroatoms. The van der Waals surface area contributed by atoms with Crippen LogP contribution < -0.4 is 9.47 Å². The molecule has 28 heavy (non-hydrogen) atoms. The summed E-state index contributed by atoms with van der Waals surface area (Å²) in [4.78, 5) is 1.82. The SMILES string of the molecule is COc1ccc(-c2cc(CN(C)Cc3ccccc3OC(F)(F)F)on2)cc1. The molecule has 0 atom stereocenters. The molecule has 0 unspecified atom stereocenters. The van der Waals surface area contributed by atoms with E-state index in [4.69, 9.17) is 9.26 Å². The number of nitrogens with zero attached hydrogens (tertiary/aromatic N) is 2. The van der Waals surface area contributed by atoms with E-state index in [-0.39, 0.29) is 12.3 Å². The molecule has 3 aromatic rings. The standard InChI is InChI=1S/C20H19F3N2O3/c1-25(12-15-5-3-4-6-19(15)27-20(21,22)23)13-17-11-18(24-28-17)14-7-9-16(26-2)10-8-14/h3-11H,12-13H2,1-2H3. The van der Waals surface area contributed by atoms with Gasteiger partial charge in [-0.25, -0.2) is 0 Å². The summed E-state index contributed by atoms with van der Waals surface area (Å²) >= 11 is 0. The number of hydrogen-bond acceptors (Lipinski definition) is 5. The van der Waals surface area contributed by atoms with E-state index >= 15 is 0 Å². The molecule has 0 bridgehead atoms. The van der Waals surface area contributed by atoms with Crippen LogP contribution in [0.3, 0.4) is 0 Å². The summed E-state index contributed by atoms with van der Waals surface area (Å²) in [7, 11) is 3.37. The summed E-state index contributed by atoms with van der Waals surface area (Å²) in [5, 5.41) is 4.05. The third kappa shape index (κ3) is 5.26. The molecule has 1 aromatic heterocycles. The molecule has 0 radical (unpaired) electrons. The maximum absolute atomic E-state index is 12.6. The Hall–Kier alpha value is -3.00. The average Bonchev–Trinajstić information content (AvgIpc) is 3.10. The Labute approximate surface area is 160 Å². The van der Waals surface area contributed by atoms with E-state index in [2.05, 4.69) is 9.89 Å². The summed E-state index contributed by atoms with van der Waals surface area (Å²) in [6.07, 6.45) is -4.73. The Morgan fingerprint density at radius 2 is 1.75 bits per heavy atom. The highest BCUT2D eigenvalue weighted by Gasteiger charge is 2.32. The van der Waals surface area contributed by atoms with E-state index in [1.807, 2.05) is 29.2 Å². The number of para-hydroxylation sites is 1. The van der Waals surface area contributed by atoms with Gasteiger partial charge in [0.25, 0.3) is 0 Å². The van der Waals surface area contributed by atoms with E-state index < -0.39 is 6.36 Å². The monoisotopic (exact) mass is 392 g/mol.